The Morgan fingerprint density at radius 3 is 3.06 bits per heavy atom. The van der Waals surface area contributed by atoms with Crippen molar-refractivity contribution in [1.29, 1.82) is 0 Å². The number of allylic oxidation sites excluding steroid dienone is 1. The van der Waals surface area contributed by atoms with Crippen LogP contribution in [-0.4, -0.2) is 30.1 Å². The van der Waals surface area contributed by atoms with E-state index in [1.165, 1.54) is 4.90 Å². The fourth-order valence-corrected chi connectivity index (χ4v) is 2.19. The molecular weight excluding hydrogens is 270 g/mol. The Kier molecular flexibility index (Phi) is 4.28. The summed E-state index contributed by atoms with van der Waals surface area (Å²) in [4.78, 5) is 18.4. The Labute approximate surface area is 115 Å². The average molecular weight is 282 g/mol. The second-order valence-electron chi connectivity index (χ2n) is 3.56. The number of nitrogens with one attached hydrogen (secondary N) is 1. The molecule has 4 nitrogen and oxygen atoms in total. The predicted octanol–water partition coefficient (Wildman–Crippen LogP) is 3.45. The molecule has 6 heteroatoms. The third kappa shape index (κ3) is 3.05. The number of carbonyl (C=O) groups is 1. The van der Waals surface area contributed by atoms with Crippen LogP contribution in [-0.2, 0) is 0 Å². The first kappa shape index (κ1) is 13.0. The molecule has 0 unspecified atom stereocenters. The maximum absolute atomic E-state index is 12.0. The van der Waals surface area contributed by atoms with Crippen molar-refractivity contribution in [2.24, 2.45) is 4.99 Å². The molecule has 2 rings (SSSR count). The topological polar surface area (TPSA) is 44.7 Å². The maximum Gasteiger partial charge on any atom is 0.327 e. The third-order valence-electron chi connectivity index (χ3n) is 2.36. The van der Waals surface area contributed by atoms with Crippen molar-refractivity contribution in [3.8, 4) is 0 Å². The van der Waals surface area contributed by atoms with Crippen LogP contribution in [0.25, 0.3) is 0 Å². The largest absolute Gasteiger partial charge is 0.327 e. The Morgan fingerprint density at radius 1 is 1.56 bits per heavy atom. The molecule has 0 bridgehead atoms. The van der Waals surface area contributed by atoms with E-state index in [1.807, 2.05) is 12.3 Å². The molecule has 2 amide bonds. The van der Waals surface area contributed by atoms with E-state index in [2.05, 4.69) is 10.3 Å². The Balaban J connectivity index is 2.13. The summed E-state index contributed by atoms with van der Waals surface area (Å²) in [6, 6.07) is 5.20. The van der Waals surface area contributed by atoms with Crippen LogP contribution in [0.3, 0.4) is 0 Å². The first-order valence-electron chi connectivity index (χ1n) is 5.28. The summed E-state index contributed by atoms with van der Waals surface area (Å²) < 4.78 is 0. The normalized spacial score (nSPS) is 13.8. The summed E-state index contributed by atoms with van der Waals surface area (Å²) in [5, 5.41) is 3.42. The zero-order valence-corrected chi connectivity index (χ0v) is 11.3. The molecule has 1 aliphatic rings. The summed E-state index contributed by atoms with van der Waals surface area (Å²) in [5.74, 6) is 0. The summed E-state index contributed by atoms with van der Waals surface area (Å²) in [6.45, 7) is 0.331. The molecule has 0 fully saturated rings. The molecule has 0 saturated carbocycles. The maximum atomic E-state index is 12.0. The molecule has 18 heavy (non-hydrogen) atoms. The van der Waals surface area contributed by atoms with Crippen molar-refractivity contribution >= 4 is 41.3 Å². The van der Waals surface area contributed by atoms with Crippen LogP contribution in [0.1, 0.15) is 0 Å². The lowest BCUT2D eigenvalue weighted by atomic mass is 10.3. The molecule has 0 aliphatic carbocycles. The van der Waals surface area contributed by atoms with Crippen molar-refractivity contribution in [3.05, 3.63) is 35.5 Å². The van der Waals surface area contributed by atoms with Gasteiger partial charge in [0.15, 0.2) is 0 Å². The molecule has 1 N–H and O–H groups in total. The van der Waals surface area contributed by atoms with Crippen molar-refractivity contribution in [2.45, 2.75) is 4.90 Å². The number of amides is 2. The Hall–Kier alpha value is -1.46. The van der Waals surface area contributed by atoms with Crippen molar-refractivity contribution in [1.82, 2.24) is 4.90 Å². The molecule has 1 aromatic carbocycles. The fourth-order valence-electron chi connectivity index (χ4n) is 1.48. The highest BCUT2D eigenvalue weighted by Gasteiger charge is 2.13. The smallest absolute Gasteiger partial charge is 0.306 e. The monoisotopic (exact) mass is 281 g/mol. The molecule has 94 valence electrons. The quantitative estimate of drug-likeness (QED) is 0.844. The van der Waals surface area contributed by atoms with Gasteiger partial charge in [-0.1, -0.05) is 11.6 Å². The minimum absolute atomic E-state index is 0.222. The van der Waals surface area contributed by atoms with E-state index in [0.29, 0.717) is 17.4 Å². The van der Waals surface area contributed by atoms with E-state index in [-0.39, 0.29) is 6.03 Å². The van der Waals surface area contributed by atoms with Crippen LogP contribution in [0.4, 0.5) is 10.5 Å². The Bertz CT molecular complexity index is 516. The number of benzene rings is 1. The molecule has 0 atom stereocenters. The third-order valence-corrected chi connectivity index (χ3v) is 3.39. The van der Waals surface area contributed by atoms with Gasteiger partial charge in [0, 0.05) is 22.3 Å². The van der Waals surface area contributed by atoms with Gasteiger partial charge in [0.1, 0.15) is 6.67 Å². The number of anilines is 1. The number of carbonyl (C=O) groups excluding carboxylic acids is 1. The summed E-state index contributed by atoms with van der Waals surface area (Å²) in [6.07, 6.45) is 7.02. The molecule has 1 heterocycles. The highest BCUT2D eigenvalue weighted by molar-refractivity contribution is 7.98. The molecule has 1 aromatic rings. The van der Waals surface area contributed by atoms with Gasteiger partial charge in [-0.15, -0.1) is 11.8 Å². The average Bonchev–Trinajstić information content (AvgIpc) is 2.40. The lowest BCUT2D eigenvalue weighted by Gasteiger charge is -2.19. The van der Waals surface area contributed by atoms with Gasteiger partial charge in [0.05, 0.1) is 5.69 Å². The molecule has 1 aliphatic heterocycles. The van der Waals surface area contributed by atoms with Crippen LogP contribution in [0.15, 0.2) is 40.4 Å². The number of hydrogen-bond donors (Lipinski definition) is 1. The van der Waals surface area contributed by atoms with Crippen molar-refractivity contribution in [2.75, 3.05) is 18.2 Å². The minimum Gasteiger partial charge on any atom is -0.306 e. The number of thioether (sulfide) groups is 1. The van der Waals surface area contributed by atoms with Crippen LogP contribution in [0, 0.1) is 0 Å². The van der Waals surface area contributed by atoms with Gasteiger partial charge in [0.25, 0.3) is 0 Å². The van der Waals surface area contributed by atoms with E-state index >= 15 is 0 Å². The second-order valence-corrected chi connectivity index (χ2v) is 4.84. The number of halogens is 1. The minimum atomic E-state index is -0.222. The van der Waals surface area contributed by atoms with E-state index in [9.17, 15) is 4.79 Å². The van der Waals surface area contributed by atoms with Gasteiger partial charge in [-0.05, 0) is 30.5 Å². The van der Waals surface area contributed by atoms with Crippen LogP contribution in [0.5, 0.6) is 0 Å². The van der Waals surface area contributed by atoms with Gasteiger partial charge < -0.3 is 5.32 Å². The first-order chi connectivity index (χ1) is 8.70. The molecule has 0 aromatic heterocycles. The SMILES string of the molecule is CSc1ccc(Cl)cc1NC(=O)N1C=CC=NC1. The van der Waals surface area contributed by atoms with Crippen molar-refractivity contribution in [3.63, 3.8) is 0 Å². The standard InChI is InChI=1S/C12H12ClN3OS/c1-18-11-4-3-9(13)7-10(11)15-12(17)16-6-2-5-14-8-16/h2-7H,8H2,1H3,(H,15,17). The molecule has 0 radical (unpaired) electrons. The van der Waals surface area contributed by atoms with Crippen LogP contribution < -0.4 is 5.32 Å². The second kappa shape index (κ2) is 5.93. The number of aliphatic imine (C=N–C) groups is 1. The zero-order valence-electron chi connectivity index (χ0n) is 9.76. The van der Waals surface area contributed by atoms with Gasteiger partial charge in [-0.25, -0.2) is 4.79 Å². The number of hydrogen-bond acceptors (Lipinski definition) is 3. The van der Waals surface area contributed by atoms with Gasteiger partial charge in [0.2, 0.25) is 0 Å². The van der Waals surface area contributed by atoms with Gasteiger partial charge in [-0.3, -0.25) is 9.89 Å². The highest BCUT2D eigenvalue weighted by atomic mass is 35.5. The summed E-state index contributed by atoms with van der Waals surface area (Å²) in [7, 11) is 0. The lowest BCUT2D eigenvalue weighted by Crippen LogP contribution is -2.31. The molecular formula is C12H12ClN3OS. The number of rotatable bonds is 2. The zero-order chi connectivity index (χ0) is 13.0. The predicted molar refractivity (Wildman–Crippen MR) is 76.6 cm³/mol. The number of urea groups is 1. The van der Waals surface area contributed by atoms with Gasteiger partial charge in [-0.2, -0.15) is 0 Å². The van der Waals surface area contributed by atoms with E-state index in [4.69, 9.17) is 11.6 Å². The van der Waals surface area contributed by atoms with E-state index in [1.54, 1.807) is 42.4 Å². The summed E-state index contributed by atoms with van der Waals surface area (Å²) in [5.41, 5.74) is 0.711. The van der Waals surface area contributed by atoms with Crippen LogP contribution >= 0.6 is 23.4 Å². The number of nitrogens with zero attached hydrogens (tertiary/aromatic N) is 2. The summed E-state index contributed by atoms with van der Waals surface area (Å²) >= 11 is 7.48. The van der Waals surface area contributed by atoms with Crippen molar-refractivity contribution < 1.29 is 4.79 Å². The molecule has 0 spiro atoms. The highest BCUT2D eigenvalue weighted by Crippen LogP contribution is 2.28. The van der Waals surface area contributed by atoms with E-state index in [0.717, 1.165) is 4.90 Å². The van der Waals surface area contributed by atoms with Crippen LogP contribution in [0.2, 0.25) is 5.02 Å². The van der Waals surface area contributed by atoms with Gasteiger partial charge >= 0.3 is 6.03 Å². The molecule has 0 saturated heterocycles. The first-order valence-corrected chi connectivity index (χ1v) is 6.89. The Morgan fingerprint density at radius 2 is 2.39 bits per heavy atom. The fraction of sp³-hybridized carbons (Fsp3) is 0.167. The van der Waals surface area contributed by atoms with E-state index < -0.39 is 0 Å². The lowest BCUT2D eigenvalue weighted by molar-refractivity contribution is 0.229.